The molecule has 2 aliphatic heterocycles. The first kappa shape index (κ1) is 21.2. The molecule has 3 rings (SSSR count). The summed E-state index contributed by atoms with van der Waals surface area (Å²) in [5.41, 5.74) is 0.839. The molecule has 2 heterocycles. The Morgan fingerprint density at radius 3 is 2.48 bits per heavy atom. The second kappa shape index (κ2) is 8.07. The highest BCUT2D eigenvalue weighted by atomic mass is 35.5. The lowest BCUT2D eigenvalue weighted by atomic mass is 9.88. The molecule has 0 aromatic carbocycles. The highest BCUT2D eigenvalue weighted by Crippen LogP contribution is 2.36. The van der Waals surface area contributed by atoms with E-state index in [2.05, 4.69) is 18.7 Å². The number of hydrogen-bond acceptors (Lipinski definition) is 4. The van der Waals surface area contributed by atoms with E-state index in [4.69, 9.17) is 35.4 Å². The van der Waals surface area contributed by atoms with Gasteiger partial charge in [-0.2, -0.15) is 0 Å². The fourth-order valence-electron chi connectivity index (χ4n) is 4.81. The molecule has 8 heteroatoms. The van der Waals surface area contributed by atoms with Gasteiger partial charge in [-0.05, 0) is 23.6 Å². The van der Waals surface area contributed by atoms with Crippen molar-refractivity contribution in [2.45, 2.75) is 30.6 Å². The Morgan fingerprint density at radius 2 is 1.93 bits per heavy atom. The SMILES string of the molecule is CC1C[N+]2(CCN(CCC3=CC=CC(Cl)([N+](=O)[O-])C3Cl)CC2)CC(C)C1=S. The number of piperidine rings is 1. The molecule has 5 nitrogen and oxygen atoms in total. The number of nitrogens with zero attached hydrogens (tertiary/aromatic N) is 3. The van der Waals surface area contributed by atoms with Crippen LogP contribution in [0.1, 0.15) is 20.3 Å². The summed E-state index contributed by atoms with van der Waals surface area (Å²) in [5, 5.41) is 10.5. The van der Waals surface area contributed by atoms with Gasteiger partial charge in [0.2, 0.25) is 0 Å². The molecule has 0 saturated carbocycles. The van der Waals surface area contributed by atoms with Crippen molar-refractivity contribution in [3.8, 4) is 0 Å². The highest BCUT2D eigenvalue weighted by molar-refractivity contribution is 7.80. The molecule has 1 spiro atoms. The number of alkyl halides is 2. The molecule has 0 amide bonds. The van der Waals surface area contributed by atoms with Crippen molar-refractivity contribution < 1.29 is 9.41 Å². The van der Waals surface area contributed by atoms with Crippen molar-refractivity contribution >= 4 is 40.3 Å². The summed E-state index contributed by atoms with van der Waals surface area (Å²) in [6.45, 7) is 12.1. The van der Waals surface area contributed by atoms with Gasteiger partial charge in [0, 0.05) is 47.3 Å². The summed E-state index contributed by atoms with van der Waals surface area (Å²) >= 11 is 18.1. The van der Waals surface area contributed by atoms with E-state index in [0.717, 1.165) is 51.4 Å². The van der Waals surface area contributed by atoms with Gasteiger partial charge in [-0.15, -0.1) is 11.6 Å². The van der Waals surface area contributed by atoms with Gasteiger partial charge < -0.3 is 4.48 Å². The molecule has 0 aromatic heterocycles. The van der Waals surface area contributed by atoms with Crippen LogP contribution < -0.4 is 0 Å². The molecule has 150 valence electrons. The lowest BCUT2D eigenvalue weighted by molar-refractivity contribution is -0.938. The number of allylic oxidation sites excluding steroid dienone is 2. The normalized spacial score (nSPS) is 36.7. The van der Waals surface area contributed by atoms with Crippen LogP contribution in [0.2, 0.25) is 0 Å². The summed E-state index contributed by atoms with van der Waals surface area (Å²) in [4.78, 5) is 12.7. The van der Waals surface area contributed by atoms with E-state index in [-0.39, 0.29) is 0 Å². The van der Waals surface area contributed by atoms with Gasteiger partial charge >= 0.3 is 5.00 Å². The number of rotatable bonds is 4. The Morgan fingerprint density at radius 1 is 1.33 bits per heavy atom. The van der Waals surface area contributed by atoms with E-state index in [0.29, 0.717) is 18.3 Å². The fourth-order valence-corrected chi connectivity index (χ4v) is 5.50. The average Bonchev–Trinajstić information content (AvgIpc) is 2.62. The summed E-state index contributed by atoms with van der Waals surface area (Å²) < 4.78 is 1.18. The Labute approximate surface area is 176 Å². The standard InChI is InChI=1S/C19H28Cl2N3O2S/c1-14-12-24(13-15(2)17(14)27)10-8-22(9-11-24)7-5-16-4-3-6-19(21,18(16)20)23(25)26/h3-4,6,14-15,18H,5,7-13H2,1-2H3/q+1. The van der Waals surface area contributed by atoms with Crippen LogP contribution in [0.15, 0.2) is 23.8 Å². The smallest absolute Gasteiger partial charge is 0.320 e. The van der Waals surface area contributed by atoms with Crippen LogP contribution in [0.3, 0.4) is 0 Å². The quantitative estimate of drug-likeness (QED) is 0.170. The number of nitro groups is 1. The molecule has 2 saturated heterocycles. The predicted molar refractivity (Wildman–Crippen MR) is 114 cm³/mol. The van der Waals surface area contributed by atoms with Crippen LogP contribution in [-0.4, -0.2) is 75.4 Å². The van der Waals surface area contributed by atoms with Crippen LogP contribution in [0.25, 0.3) is 0 Å². The molecule has 0 N–H and O–H groups in total. The second-order valence-corrected chi connectivity index (χ2v) is 9.91. The van der Waals surface area contributed by atoms with Crippen molar-refractivity contribution in [2.75, 3.05) is 45.8 Å². The van der Waals surface area contributed by atoms with E-state index in [1.54, 1.807) is 6.08 Å². The number of piperazine rings is 1. The predicted octanol–water partition coefficient (Wildman–Crippen LogP) is 3.48. The van der Waals surface area contributed by atoms with Gasteiger partial charge in [0.15, 0.2) is 0 Å². The van der Waals surface area contributed by atoms with E-state index >= 15 is 0 Å². The summed E-state index contributed by atoms with van der Waals surface area (Å²) in [5.74, 6) is 1.04. The summed E-state index contributed by atoms with van der Waals surface area (Å²) in [6.07, 6.45) is 5.60. The zero-order valence-corrected chi connectivity index (χ0v) is 18.3. The Bertz CT molecular complexity index is 660. The van der Waals surface area contributed by atoms with Crippen LogP contribution in [-0.2, 0) is 0 Å². The van der Waals surface area contributed by atoms with Gasteiger partial charge in [0.25, 0.3) is 0 Å². The first-order chi connectivity index (χ1) is 12.7. The van der Waals surface area contributed by atoms with Gasteiger partial charge in [0.1, 0.15) is 5.38 Å². The average molecular weight is 433 g/mol. The molecule has 0 aromatic rings. The number of halogens is 2. The summed E-state index contributed by atoms with van der Waals surface area (Å²) in [6, 6.07) is 0. The fraction of sp³-hybridized carbons (Fsp3) is 0.737. The molecular weight excluding hydrogens is 405 g/mol. The third kappa shape index (κ3) is 4.25. The number of quaternary nitrogens is 1. The largest absolute Gasteiger partial charge is 0.333 e. The zero-order valence-electron chi connectivity index (χ0n) is 15.9. The molecule has 0 radical (unpaired) electrons. The topological polar surface area (TPSA) is 46.4 Å². The Kier molecular flexibility index (Phi) is 6.33. The Hall–Kier alpha value is -0.530. The molecular formula is C19H28Cl2N3O2S+. The van der Waals surface area contributed by atoms with Crippen molar-refractivity contribution in [2.24, 2.45) is 11.8 Å². The Balaban J connectivity index is 1.53. The first-order valence-corrected chi connectivity index (χ1v) is 10.9. The number of hydrogen-bond donors (Lipinski definition) is 0. The zero-order chi connectivity index (χ0) is 19.8. The minimum Gasteiger partial charge on any atom is -0.320 e. The second-order valence-electron chi connectivity index (χ2n) is 8.40. The van der Waals surface area contributed by atoms with Crippen LogP contribution >= 0.6 is 35.4 Å². The molecule has 27 heavy (non-hydrogen) atoms. The monoisotopic (exact) mass is 432 g/mol. The third-order valence-electron chi connectivity index (χ3n) is 6.39. The molecule has 1 aliphatic carbocycles. The number of thiocarbonyl (C=S) groups is 1. The minimum absolute atomic E-state index is 0.506. The van der Waals surface area contributed by atoms with Crippen LogP contribution in [0.5, 0.6) is 0 Å². The molecule has 4 unspecified atom stereocenters. The van der Waals surface area contributed by atoms with E-state index in [9.17, 15) is 10.1 Å². The highest BCUT2D eigenvalue weighted by Gasteiger charge is 2.49. The van der Waals surface area contributed by atoms with E-state index < -0.39 is 15.3 Å². The third-order valence-corrected chi connectivity index (χ3v) is 8.40. The molecule has 4 atom stereocenters. The summed E-state index contributed by atoms with van der Waals surface area (Å²) in [7, 11) is 0. The van der Waals surface area contributed by atoms with E-state index in [1.807, 2.05) is 6.08 Å². The van der Waals surface area contributed by atoms with Crippen molar-refractivity contribution in [3.05, 3.63) is 33.9 Å². The molecule has 3 aliphatic rings. The van der Waals surface area contributed by atoms with E-state index in [1.165, 1.54) is 15.4 Å². The van der Waals surface area contributed by atoms with Crippen molar-refractivity contribution in [1.82, 2.24) is 4.90 Å². The molecule has 2 fully saturated rings. The van der Waals surface area contributed by atoms with Crippen LogP contribution in [0, 0.1) is 22.0 Å². The maximum Gasteiger partial charge on any atom is 0.333 e. The lowest BCUT2D eigenvalue weighted by Gasteiger charge is -2.50. The van der Waals surface area contributed by atoms with Crippen molar-refractivity contribution in [3.63, 3.8) is 0 Å². The van der Waals surface area contributed by atoms with Gasteiger partial charge in [-0.3, -0.25) is 15.0 Å². The van der Waals surface area contributed by atoms with Gasteiger partial charge in [-0.1, -0.05) is 38.2 Å². The minimum atomic E-state index is -1.73. The first-order valence-electron chi connectivity index (χ1n) is 9.64. The maximum atomic E-state index is 11.3. The van der Waals surface area contributed by atoms with Crippen molar-refractivity contribution in [1.29, 1.82) is 0 Å². The van der Waals surface area contributed by atoms with Crippen LogP contribution in [0.4, 0.5) is 0 Å². The molecule has 0 bridgehead atoms. The van der Waals surface area contributed by atoms with Gasteiger partial charge in [0.05, 0.1) is 26.2 Å². The van der Waals surface area contributed by atoms with Gasteiger partial charge in [-0.25, -0.2) is 0 Å². The lowest BCUT2D eigenvalue weighted by Crippen LogP contribution is -2.65. The maximum absolute atomic E-state index is 11.3.